The lowest BCUT2D eigenvalue weighted by Gasteiger charge is -2.23. The Labute approximate surface area is 137 Å². The number of tetrazole rings is 1. The number of allylic oxidation sites excluding steroid dienone is 2. The Morgan fingerprint density at radius 1 is 1.22 bits per heavy atom. The molecule has 7 nitrogen and oxygen atoms in total. The number of amides is 1. The smallest absolute Gasteiger partial charge is 0.240 e. The van der Waals surface area contributed by atoms with Crippen molar-refractivity contribution in [1.82, 2.24) is 25.6 Å². The SMILES string of the molecule is O=C(Nc1nc2c(s1)CCCCC2)C1(c2nn[nH]n2)CC=CC1. The van der Waals surface area contributed by atoms with E-state index >= 15 is 0 Å². The van der Waals surface area contributed by atoms with Gasteiger partial charge in [-0.1, -0.05) is 23.8 Å². The highest BCUT2D eigenvalue weighted by Crippen LogP contribution is 2.37. The van der Waals surface area contributed by atoms with Crippen LogP contribution in [0.15, 0.2) is 12.2 Å². The van der Waals surface area contributed by atoms with E-state index in [-0.39, 0.29) is 5.91 Å². The van der Waals surface area contributed by atoms with Gasteiger partial charge in [-0.25, -0.2) is 4.98 Å². The van der Waals surface area contributed by atoms with Crippen molar-refractivity contribution in [2.45, 2.75) is 50.4 Å². The molecule has 120 valence electrons. The summed E-state index contributed by atoms with van der Waals surface area (Å²) < 4.78 is 0. The zero-order valence-corrected chi connectivity index (χ0v) is 13.5. The van der Waals surface area contributed by atoms with Crippen LogP contribution in [0.5, 0.6) is 0 Å². The number of nitrogens with one attached hydrogen (secondary N) is 2. The molecular formula is C15H18N6OS. The number of H-pyrrole nitrogens is 1. The summed E-state index contributed by atoms with van der Waals surface area (Å²) in [4.78, 5) is 18.9. The Hall–Kier alpha value is -2.09. The average molecular weight is 330 g/mol. The molecule has 2 N–H and O–H groups in total. The molecule has 0 aromatic carbocycles. The number of aromatic amines is 1. The van der Waals surface area contributed by atoms with Crippen molar-refractivity contribution in [2.24, 2.45) is 0 Å². The predicted octanol–water partition coefficient (Wildman–Crippen LogP) is 2.15. The van der Waals surface area contributed by atoms with Gasteiger partial charge < -0.3 is 5.32 Å². The number of carbonyl (C=O) groups is 1. The number of nitrogens with zero attached hydrogens (tertiary/aromatic N) is 4. The first kappa shape index (κ1) is 14.5. The molecule has 0 fully saturated rings. The molecule has 2 aliphatic rings. The third-order valence-electron chi connectivity index (χ3n) is 4.62. The summed E-state index contributed by atoms with van der Waals surface area (Å²) in [6.07, 6.45) is 10.9. The van der Waals surface area contributed by atoms with Gasteiger partial charge >= 0.3 is 0 Å². The Bertz CT molecular complexity index is 704. The molecule has 0 saturated carbocycles. The molecule has 1 amide bonds. The molecule has 2 aromatic heterocycles. The topological polar surface area (TPSA) is 96.5 Å². The van der Waals surface area contributed by atoms with Crippen molar-refractivity contribution in [3.05, 3.63) is 28.5 Å². The lowest BCUT2D eigenvalue weighted by Crippen LogP contribution is -2.39. The third-order valence-corrected chi connectivity index (χ3v) is 5.70. The van der Waals surface area contributed by atoms with Gasteiger partial charge in [-0.15, -0.1) is 21.5 Å². The Morgan fingerprint density at radius 2 is 2.04 bits per heavy atom. The van der Waals surface area contributed by atoms with Gasteiger partial charge in [-0.3, -0.25) is 4.79 Å². The highest BCUT2D eigenvalue weighted by Gasteiger charge is 2.44. The fraction of sp³-hybridized carbons (Fsp3) is 0.533. The molecule has 0 radical (unpaired) electrons. The number of aromatic nitrogens is 5. The van der Waals surface area contributed by atoms with Gasteiger partial charge in [-0.2, -0.15) is 5.21 Å². The van der Waals surface area contributed by atoms with Crippen LogP contribution in [0.2, 0.25) is 0 Å². The molecule has 23 heavy (non-hydrogen) atoms. The van der Waals surface area contributed by atoms with Crippen molar-refractivity contribution >= 4 is 22.4 Å². The van der Waals surface area contributed by atoms with Gasteiger partial charge in [0.15, 0.2) is 11.0 Å². The number of hydrogen-bond donors (Lipinski definition) is 2. The highest BCUT2D eigenvalue weighted by atomic mass is 32.1. The molecule has 2 aromatic rings. The van der Waals surface area contributed by atoms with Crippen LogP contribution >= 0.6 is 11.3 Å². The van der Waals surface area contributed by atoms with Crippen molar-refractivity contribution in [2.75, 3.05) is 5.32 Å². The van der Waals surface area contributed by atoms with Gasteiger partial charge in [0.1, 0.15) is 5.41 Å². The summed E-state index contributed by atoms with van der Waals surface area (Å²) >= 11 is 1.60. The van der Waals surface area contributed by atoms with Gasteiger partial charge in [0, 0.05) is 4.88 Å². The minimum atomic E-state index is -0.768. The molecule has 4 rings (SSSR count). The van der Waals surface area contributed by atoms with Crippen LogP contribution in [0.1, 0.15) is 48.5 Å². The monoisotopic (exact) mass is 330 g/mol. The van der Waals surface area contributed by atoms with Crippen molar-refractivity contribution in [3.8, 4) is 0 Å². The van der Waals surface area contributed by atoms with E-state index in [9.17, 15) is 4.79 Å². The van der Waals surface area contributed by atoms with Crippen LogP contribution in [0.25, 0.3) is 0 Å². The molecule has 0 saturated heterocycles. The largest absolute Gasteiger partial charge is 0.301 e. The average Bonchev–Trinajstić information content (AvgIpc) is 3.26. The van der Waals surface area contributed by atoms with Crippen molar-refractivity contribution < 1.29 is 4.79 Å². The molecule has 2 aliphatic carbocycles. The third kappa shape index (κ3) is 2.56. The summed E-state index contributed by atoms with van der Waals surface area (Å²) in [5, 5.41) is 17.8. The zero-order valence-electron chi connectivity index (χ0n) is 12.7. The zero-order chi connectivity index (χ0) is 15.7. The van der Waals surface area contributed by atoms with Crippen LogP contribution in [0.3, 0.4) is 0 Å². The van der Waals surface area contributed by atoms with E-state index in [1.165, 1.54) is 24.1 Å². The fourth-order valence-corrected chi connectivity index (χ4v) is 4.33. The fourth-order valence-electron chi connectivity index (χ4n) is 3.29. The van der Waals surface area contributed by atoms with Crippen LogP contribution < -0.4 is 5.32 Å². The highest BCUT2D eigenvalue weighted by molar-refractivity contribution is 7.15. The van der Waals surface area contributed by atoms with Gasteiger partial charge in [0.2, 0.25) is 5.91 Å². The van der Waals surface area contributed by atoms with Gasteiger partial charge in [-0.05, 0) is 38.5 Å². The Kier molecular flexibility index (Phi) is 3.68. The van der Waals surface area contributed by atoms with Crippen LogP contribution in [-0.4, -0.2) is 31.5 Å². The quantitative estimate of drug-likeness (QED) is 0.664. The number of aryl methyl sites for hydroxylation is 2. The Morgan fingerprint density at radius 3 is 2.83 bits per heavy atom. The molecule has 2 heterocycles. The molecule has 0 atom stereocenters. The summed E-state index contributed by atoms with van der Waals surface area (Å²) in [5.41, 5.74) is 0.386. The molecule has 8 heteroatoms. The van der Waals surface area contributed by atoms with E-state index in [1.807, 2.05) is 12.2 Å². The van der Waals surface area contributed by atoms with E-state index in [4.69, 9.17) is 0 Å². The second kappa shape index (κ2) is 5.84. The summed E-state index contributed by atoms with van der Waals surface area (Å²) in [6.45, 7) is 0. The molecule has 0 aliphatic heterocycles. The second-order valence-electron chi connectivity index (χ2n) is 6.10. The second-order valence-corrected chi connectivity index (χ2v) is 7.18. The first-order chi connectivity index (χ1) is 11.3. The number of fused-ring (bicyclic) bond motifs is 1. The minimum Gasteiger partial charge on any atom is -0.301 e. The number of thiazole rings is 1. The number of rotatable bonds is 3. The standard InChI is InChI=1S/C15H18N6OS/c22-13(15(8-4-5-9-15)12-18-20-21-19-12)17-14-16-10-6-2-1-3-7-11(10)23-14/h4-5H,1-3,6-9H2,(H,16,17,22)(H,18,19,20,21). The molecule has 0 spiro atoms. The van der Waals surface area contributed by atoms with Gasteiger partial charge in [0.25, 0.3) is 0 Å². The lowest BCUT2D eigenvalue weighted by atomic mass is 9.83. The maximum Gasteiger partial charge on any atom is 0.240 e. The van der Waals surface area contributed by atoms with Crippen LogP contribution in [0, 0.1) is 0 Å². The first-order valence-corrected chi connectivity index (χ1v) is 8.78. The maximum absolute atomic E-state index is 12.9. The summed E-state index contributed by atoms with van der Waals surface area (Å²) in [5.74, 6) is 0.339. The lowest BCUT2D eigenvalue weighted by molar-refractivity contribution is -0.121. The normalized spacial score (nSPS) is 19.3. The van der Waals surface area contributed by atoms with Crippen molar-refractivity contribution in [1.29, 1.82) is 0 Å². The van der Waals surface area contributed by atoms with E-state index in [0.717, 1.165) is 18.5 Å². The molecular weight excluding hydrogens is 312 g/mol. The first-order valence-electron chi connectivity index (χ1n) is 7.97. The number of hydrogen-bond acceptors (Lipinski definition) is 6. The molecule has 0 unspecified atom stereocenters. The maximum atomic E-state index is 12.9. The summed E-state index contributed by atoms with van der Waals surface area (Å²) in [6, 6.07) is 0. The van der Waals surface area contributed by atoms with E-state index in [1.54, 1.807) is 11.3 Å². The van der Waals surface area contributed by atoms with Crippen molar-refractivity contribution in [3.63, 3.8) is 0 Å². The van der Waals surface area contributed by atoms with E-state index in [2.05, 4.69) is 30.9 Å². The van der Waals surface area contributed by atoms with E-state index in [0.29, 0.717) is 23.8 Å². The van der Waals surface area contributed by atoms with Crippen LogP contribution in [0.4, 0.5) is 5.13 Å². The number of anilines is 1. The Balaban J connectivity index is 1.57. The predicted molar refractivity (Wildman–Crippen MR) is 86.2 cm³/mol. The summed E-state index contributed by atoms with van der Waals surface area (Å²) in [7, 11) is 0. The van der Waals surface area contributed by atoms with E-state index < -0.39 is 5.41 Å². The van der Waals surface area contributed by atoms with Crippen LogP contribution in [-0.2, 0) is 23.1 Å². The minimum absolute atomic E-state index is 0.104. The van der Waals surface area contributed by atoms with Gasteiger partial charge in [0.05, 0.1) is 5.69 Å². The molecule has 0 bridgehead atoms. The number of carbonyl (C=O) groups excluding carboxylic acids is 1.